The molecule has 0 spiro atoms. The van der Waals surface area contributed by atoms with Gasteiger partial charge in [-0.2, -0.15) is 0 Å². The topological polar surface area (TPSA) is 20.2 Å². The van der Waals surface area contributed by atoms with Crippen molar-refractivity contribution in [3.63, 3.8) is 0 Å². The van der Waals surface area contributed by atoms with Crippen LogP contribution in [0.15, 0.2) is 0 Å². The summed E-state index contributed by atoms with van der Waals surface area (Å²) in [5, 5.41) is 9.86. The third-order valence-corrected chi connectivity index (χ3v) is 3.50. The largest absolute Gasteiger partial charge is 0.392 e. The summed E-state index contributed by atoms with van der Waals surface area (Å²) in [4.78, 5) is 0. The molecule has 0 bridgehead atoms. The molecule has 1 atom stereocenters. The summed E-state index contributed by atoms with van der Waals surface area (Å²) in [7, 11) is 0. The average Bonchev–Trinajstić information content (AvgIpc) is 2.26. The molecule has 1 fully saturated rings. The summed E-state index contributed by atoms with van der Waals surface area (Å²) in [6, 6.07) is 0. The Morgan fingerprint density at radius 2 is 1.93 bits per heavy atom. The van der Waals surface area contributed by atoms with Crippen molar-refractivity contribution in [1.29, 1.82) is 0 Å². The molecule has 0 aromatic rings. The Balaban J connectivity index is 2.28. The molecule has 1 rings (SSSR count). The second-order valence-electron chi connectivity index (χ2n) is 4.39. The predicted octanol–water partition coefficient (Wildman–Crippen LogP) is 2.98. The molecule has 0 radical (unpaired) electrons. The highest BCUT2D eigenvalue weighted by Crippen LogP contribution is 2.33. The maximum Gasteiger partial charge on any atom is 0.0677 e. The van der Waals surface area contributed by atoms with Gasteiger partial charge in [0.05, 0.1) is 6.10 Å². The fraction of sp³-hybridized carbons (Fsp3) is 0.846. The third kappa shape index (κ3) is 3.35. The second kappa shape index (κ2) is 6.09. The zero-order valence-corrected chi connectivity index (χ0v) is 9.42. The van der Waals surface area contributed by atoms with E-state index >= 15 is 0 Å². The van der Waals surface area contributed by atoms with E-state index in [1.54, 1.807) is 0 Å². The fourth-order valence-electron chi connectivity index (χ4n) is 2.35. The van der Waals surface area contributed by atoms with Crippen molar-refractivity contribution < 1.29 is 5.11 Å². The Hall–Kier alpha value is -0.480. The minimum Gasteiger partial charge on any atom is -0.392 e. The highest BCUT2D eigenvalue weighted by atomic mass is 16.3. The molecular formula is C13H22O. The lowest BCUT2D eigenvalue weighted by atomic mass is 9.78. The van der Waals surface area contributed by atoms with E-state index in [9.17, 15) is 5.11 Å². The van der Waals surface area contributed by atoms with Gasteiger partial charge in [0.1, 0.15) is 0 Å². The van der Waals surface area contributed by atoms with E-state index in [1.807, 2.05) is 6.92 Å². The van der Waals surface area contributed by atoms with Gasteiger partial charge in [0.25, 0.3) is 0 Å². The first kappa shape index (κ1) is 11.6. The highest BCUT2D eigenvalue weighted by Gasteiger charge is 2.24. The summed E-state index contributed by atoms with van der Waals surface area (Å²) in [6.07, 6.45) is 6.79. The summed E-state index contributed by atoms with van der Waals surface area (Å²) in [5.74, 6) is 7.24. The van der Waals surface area contributed by atoms with Crippen LogP contribution in [0.3, 0.4) is 0 Å². The van der Waals surface area contributed by atoms with Crippen LogP contribution in [0, 0.1) is 23.7 Å². The first-order valence-corrected chi connectivity index (χ1v) is 5.85. The molecule has 1 aliphatic carbocycles. The van der Waals surface area contributed by atoms with E-state index in [2.05, 4.69) is 18.8 Å². The lowest BCUT2D eigenvalue weighted by molar-refractivity contribution is 0.0772. The lowest BCUT2D eigenvalue weighted by Crippen LogP contribution is -2.25. The van der Waals surface area contributed by atoms with Crippen LogP contribution in [0.2, 0.25) is 0 Å². The van der Waals surface area contributed by atoms with Crippen LogP contribution < -0.4 is 0 Å². The Labute approximate surface area is 87.9 Å². The van der Waals surface area contributed by atoms with Gasteiger partial charge in [0.2, 0.25) is 0 Å². The molecule has 14 heavy (non-hydrogen) atoms. The summed E-state index contributed by atoms with van der Waals surface area (Å²) < 4.78 is 0. The molecular weight excluding hydrogens is 172 g/mol. The highest BCUT2D eigenvalue weighted by molar-refractivity contribution is 4.98. The van der Waals surface area contributed by atoms with Crippen molar-refractivity contribution in [2.75, 3.05) is 0 Å². The first-order valence-electron chi connectivity index (χ1n) is 5.85. The first-order chi connectivity index (χ1) is 6.77. The summed E-state index contributed by atoms with van der Waals surface area (Å²) in [6.45, 7) is 4.10. The molecule has 0 aliphatic heterocycles. The standard InChI is InChI=1S/C13H22O/c1-3-5-6-13(14)12-9-7-11(4-2)8-10-12/h11-14H,4,6-10H2,1-2H3. The van der Waals surface area contributed by atoms with Gasteiger partial charge in [-0.25, -0.2) is 0 Å². The van der Waals surface area contributed by atoms with Crippen molar-refractivity contribution in [1.82, 2.24) is 0 Å². The van der Waals surface area contributed by atoms with Crippen molar-refractivity contribution >= 4 is 0 Å². The van der Waals surface area contributed by atoms with Crippen LogP contribution in [-0.4, -0.2) is 11.2 Å². The molecule has 1 aliphatic rings. The molecule has 1 saturated carbocycles. The molecule has 1 N–H and O–H groups in total. The number of aliphatic hydroxyl groups is 1. The predicted molar refractivity (Wildman–Crippen MR) is 59.8 cm³/mol. The van der Waals surface area contributed by atoms with Crippen LogP contribution in [0.1, 0.15) is 52.4 Å². The Morgan fingerprint density at radius 3 is 2.43 bits per heavy atom. The third-order valence-electron chi connectivity index (χ3n) is 3.50. The minimum atomic E-state index is -0.180. The van der Waals surface area contributed by atoms with Crippen LogP contribution in [-0.2, 0) is 0 Å². The second-order valence-corrected chi connectivity index (χ2v) is 4.39. The fourth-order valence-corrected chi connectivity index (χ4v) is 2.35. The van der Waals surface area contributed by atoms with Crippen molar-refractivity contribution in [3.8, 4) is 11.8 Å². The van der Waals surface area contributed by atoms with Gasteiger partial charge in [0.15, 0.2) is 0 Å². The molecule has 1 unspecified atom stereocenters. The van der Waals surface area contributed by atoms with Gasteiger partial charge in [0, 0.05) is 6.42 Å². The van der Waals surface area contributed by atoms with E-state index in [-0.39, 0.29) is 6.10 Å². The van der Waals surface area contributed by atoms with Gasteiger partial charge in [-0.3, -0.25) is 0 Å². The number of hydrogen-bond donors (Lipinski definition) is 1. The SMILES string of the molecule is CC#CCC(O)C1CCC(CC)CC1. The number of hydrogen-bond acceptors (Lipinski definition) is 1. The monoisotopic (exact) mass is 194 g/mol. The quantitative estimate of drug-likeness (QED) is 0.685. The molecule has 80 valence electrons. The lowest BCUT2D eigenvalue weighted by Gasteiger charge is -2.30. The molecule has 1 nitrogen and oxygen atoms in total. The maximum atomic E-state index is 9.86. The van der Waals surface area contributed by atoms with Gasteiger partial charge < -0.3 is 5.11 Å². The van der Waals surface area contributed by atoms with Crippen LogP contribution in [0.4, 0.5) is 0 Å². The molecule has 0 saturated heterocycles. The van der Waals surface area contributed by atoms with Gasteiger partial charge in [-0.05, 0) is 31.6 Å². The molecule has 0 aromatic carbocycles. The molecule has 0 aromatic heterocycles. The minimum absolute atomic E-state index is 0.180. The Bertz CT molecular complexity index is 203. The van der Waals surface area contributed by atoms with Gasteiger partial charge in [-0.1, -0.05) is 26.2 Å². The smallest absolute Gasteiger partial charge is 0.0677 e. The zero-order chi connectivity index (χ0) is 10.4. The summed E-state index contributed by atoms with van der Waals surface area (Å²) >= 11 is 0. The van der Waals surface area contributed by atoms with E-state index in [0.29, 0.717) is 12.3 Å². The van der Waals surface area contributed by atoms with E-state index < -0.39 is 0 Å². The maximum absolute atomic E-state index is 9.86. The van der Waals surface area contributed by atoms with Crippen LogP contribution >= 0.6 is 0 Å². The zero-order valence-electron chi connectivity index (χ0n) is 9.42. The molecule has 1 heteroatoms. The normalized spacial score (nSPS) is 29.1. The Morgan fingerprint density at radius 1 is 1.29 bits per heavy atom. The van der Waals surface area contributed by atoms with E-state index in [1.165, 1.54) is 32.1 Å². The molecule has 0 amide bonds. The van der Waals surface area contributed by atoms with Crippen LogP contribution in [0.25, 0.3) is 0 Å². The van der Waals surface area contributed by atoms with Gasteiger partial charge in [-0.15, -0.1) is 11.8 Å². The van der Waals surface area contributed by atoms with Gasteiger partial charge >= 0.3 is 0 Å². The number of rotatable bonds is 3. The van der Waals surface area contributed by atoms with Crippen molar-refractivity contribution in [2.45, 2.75) is 58.5 Å². The van der Waals surface area contributed by atoms with Crippen LogP contribution in [0.5, 0.6) is 0 Å². The summed E-state index contributed by atoms with van der Waals surface area (Å²) in [5.41, 5.74) is 0. The van der Waals surface area contributed by atoms with E-state index in [4.69, 9.17) is 0 Å². The van der Waals surface area contributed by atoms with E-state index in [0.717, 1.165) is 5.92 Å². The van der Waals surface area contributed by atoms with Crippen molar-refractivity contribution in [2.24, 2.45) is 11.8 Å². The average molecular weight is 194 g/mol. The Kier molecular flexibility index (Phi) is 5.04. The number of aliphatic hydroxyl groups excluding tert-OH is 1. The van der Waals surface area contributed by atoms with Crippen molar-refractivity contribution in [3.05, 3.63) is 0 Å². The molecule has 0 heterocycles.